The first kappa shape index (κ1) is 19.2. The lowest BCUT2D eigenvalue weighted by atomic mass is 9.92. The summed E-state index contributed by atoms with van der Waals surface area (Å²) >= 11 is 6.00. The molecule has 11 heteroatoms. The Morgan fingerprint density at radius 3 is 2.86 bits per heavy atom. The number of imide groups is 1. The third-order valence-electron chi connectivity index (χ3n) is 4.99. The number of nitrogens with zero attached hydrogens (tertiary/aromatic N) is 3. The monoisotopic (exact) mass is 418 g/mol. The van der Waals surface area contributed by atoms with Crippen molar-refractivity contribution >= 4 is 35.5 Å². The first-order valence-corrected chi connectivity index (χ1v) is 9.55. The van der Waals surface area contributed by atoms with Gasteiger partial charge in [-0.3, -0.25) is 14.9 Å². The highest BCUT2D eigenvalue weighted by molar-refractivity contribution is 6.31. The number of carbonyl (C=O) groups is 3. The molecule has 1 fully saturated rings. The number of benzene rings is 1. The van der Waals surface area contributed by atoms with E-state index in [0.29, 0.717) is 35.6 Å². The number of rotatable bonds is 7. The van der Waals surface area contributed by atoms with Crippen LogP contribution in [0.2, 0.25) is 5.02 Å². The Hall–Kier alpha value is -3.14. The number of nitrogens with one attached hydrogen (secondary N) is 3. The second-order valence-electron chi connectivity index (χ2n) is 6.98. The summed E-state index contributed by atoms with van der Waals surface area (Å²) < 4.78 is 5.47. The fourth-order valence-corrected chi connectivity index (χ4v) is 3.75. The smallest absolute Gasteiger partial charge is 0.322 e. The highest BCUT2D eigenvalue weighted by atomic mass is 35.5. The van der Waals surface area contributed by atoms with E-state index in [9.17, 15) is 14.4 Å². The SMILES string of the molecule is CCNc1nnc(CCC2(CN3Cc4ccc(Cl)cc4C3=O)NC(=O)NC2=O)o1. The summed E-state index contributed by atoms with van der Waals surface area (Å²) in [5.74, 6) is -0.393. The average molecular weight is 419 g/mol. The molecule has 152 valence electrons. The van der Waals surface area contributed by atoms with Crippen LogP contribution < -0.4 is 16.0 Å². The van der Waals surface area contributed by atoms with E-state index in [0.717, 1.165) is 5.56 Å². The Labute approximate surface area is 171 Å². The van der Waals surface area contributed by atoms with Gasteiger partial charge < -0.3 is 20.0 Å². The molecule has 10 nitrogen and oxygen atoms in total. The number of urea groups is 1. The zero-order valence-corrected chi connectivity index (χ0v) is 16.4. The van der Waals surface area contributed by atoms with Crippen LogP contribution >= 0.6 is 11.6 Å². The van der Waals surface area contributed by atoms with E-state index < -0.39 is 17.5 Å². The summed E-state index contributed by atoms with van der Waals surface area (Å²) in [7, 11) is 0. The summed E-state index contributed by atoms with van der Waals surface area (Å²) in [6.07, 6.45) is 0.451. The maximum absolute atomic E-state index is 12.8. The van der Waals surface area contributed by atoms with E-state index in [2.05, 4.69) is 26.1 Å². The molecule has 4 rings (SSSR count). The molecule has 1 aromatic carbocycles. The van der Waals surface area contributed by atoms with Crippen molar-refractivity contribution in [3.63, 3.8) is 0 Å². The predicted octanol–water partition coefficient (Wildman–Crippen LogP) is 1.32. The van der Waals surface area contributed by atoms with Gasteiger partial charge in [0.1, 0.15) is 5.54 Å². The molecule has 1 atom stereocenters. The number of aryl methyl sites for hydroxylation is 1. The molecule has 0 saturated carbocycles. The fraction of sp³-hybridized carbons (Fsp3) is 0.389. The molecule has 1 saturated heterocycles. The summed E-state index contributed by atoms with van der Waals surface area (Å²) in [5.41, 5.74) is 0.0433. The Morgan fingerprint density at radius 2 is 2.14 bits per heavy atom. The minimum atomic E-state index is -1.29. The van der Waals surface area contributed by atoms with Gasteiger partial charge in [-0.05, 0) is 31.0 Å². The number of carbonyl (C=O) groups excluding carboxylic acids is 3. The lowest BCUT2D eigenvalue weighted by Crippen LogP contribution is -2.55. The maximum Gasteiger partial charge on any atom is 0.322 e. The van der Waals surface area contributed by atoms with Crippen LogP contribution in [0.15, 0.2) is 22.6 Å². The first-order chi connectivity index (χ1) is 13.9. The molecule has 3 N–H and O–H groups in total. The molecule has 3 heterocycles. The van der Waals surface area contributed by atoms with Crippen molar-refractivity contribution in [2.24, 2.45) is 0 Å². The van der Waals surface area contributed by atoms with Crippen LogP contribution in [0, 0.1) is 0 Å². The van der Waals surface area contributed by atoms with Gasteiger partial charge in [0.2, 0.25) is 5.89 Å². The molecule has 0 aliphatic carbocycles. The molecular weight excluding hydrogens is 400 g/mol. The van der Waals surface area contributed by atoms with Crippen molar-refractivity contribution in [2.45, 2.75) is 31.8 Å². The van der Waals surface area contributed by atoms with E-state index in [1.54, 1.807) is 18.2 Å². The number of aromatic nitrogens is 2. The molecule has 2 aromatic rings. The summed E-state index contributed by atoms with van der Waals surface area (Å²) in [6, 6.07) is 4.81. The maximum atomic E-state index is 12.8. The third-order valence-corrected chi connectivity index (χ3v) is 5.22. The number of hydrogen-bond acceptors (Lipinski definition) is 7. The van der Waals surface area contributed by atoms with Gasteiger partial charge in [-0.1, -0.05) is 22.8 Å². The Balaban J connectivity index is 1.52. The van der Waals surface area contributed by atoms with Gasteiger partial charge in [0, 0.05) is 30.1 Å². The minimum absolute atomic E-state index is 0.0178. The average Bonchev–Trinajstić information content (AvgIpc) is 3.32. The van der Waals surface area contributed by atoms with Gasteiger partial charge in [0.15, 0.2) is 0 Å². The van der Waals surface area contributed by atoms with Crippen LogP contribution in [0.25, 0.3) is 0 Å². The highest BCUT2D eigenvalue weighted by Gasteiger charge is 2.49. The minimum Gasteiger partial charge on any atom is -0.408 e. The summed E-state index contributed by atoms with van der Waals surface area (Å²) in [6.45, 7) is 2.88. The van der Waals surface area contributed by atoms with E-state index in [1.165, 1.54) is 4.90 Å². The number of fused-ring (bicyclic) bond motifs is 1. The van der Waals surface area contributed by atoms with E-state index in [1.807, 2.05) is 6.92 Å². The van der Waals surface area contributed by atoms with Crippen molar-refractivity contribution in [3.8, 4) is 0 Å². The standard InChI is InChI=1S/C18H19ClN6O4/c1-2-20-17-24-23-13(29-17)5-6-18(15(27)21-16(28)22-18)9-25-8-10-3-4-11(19)7-12(10)14(25)26/h3-4,7H,2,5-6,8-9H2,1H3,(H,20,24)(H2,21,22,27,28). The van der Waals surface area contributed by atoms with Crippen molar-refractivity contribution in [1.82, 2.24) is 25.7 Å². The van der Waals surface area contributed by atoms with E-state index in [4.69, 9.17) is 16.0 Å². The summed E-state index contributed by atoms with van der Waals surface area (Å²) in [4.78, 5) is 38.8. The Bertz CT molecular complexity index is 992. The molecule has 2 aliphatic heterocycles. The van der Waals surface area contributed by atoms with Gasteiger partial charge >= 0.3 is 12.0 Å². The van der Waals surface area contributed by atoms with Crippen LogP contribution in [0.3, 0.4) is 0 Å². The molecule has 1 unspecified atom stereocenters. The largest absolute Gasteiger partial charge is 0.408 e. The van der Waals surface area contributed by atoms with E-state index >= 15 is 0 Å². The quantitative estimate of drug-likeness (QED) is 0.578. The number of amides is 4. The van der Waals surface area contributed by atoms with Crippen molar-refractivity contribution in [1.29, 1.82) is 0 Å². The van der Waals surface area contributed by atoms with Crippen molar-refractivity contribution < 1.29 is 18.8 Å². The van der Waals surface area contributed by atoms with Gasteiger partial charge in [-0.15, -0.1) is 5.10 Å². The Kier molecular flexibility index (Phi) is 4.87. The van der Waals surface area contributed by atoms with Crippen LogP contribution in [0.4, 0.5) is 10.8 Å². The number of halogens is 1. The summed E-state index contributed by atoms with van der Waals surface area (Å²) in [5, 5.41) is 16.1. The highest BCUT2D eigenvalue weighted by Crippen LogP contribution is 2.29. The molecule has 1 aromatic heterocycles. The number of anilines is 1. The van der Waals surface area contributed by atoms with Gasteiger partial charge in [0.05, 0.1) is 6.54 Å². The lowest BCUT2D eigenvalue weighted by molar-refractivity contribution is -0.124. The molecule has 0 radical (unpaired) electrons. The van der Waals surface area contributed by atoms with Crippen molar-refractivity contribution in [2.75, 3.05) is 18.4 Å². The van der Waals surface area contributed by atoms with Crippen LogP contribution in [-0.2, 0) is 17.8 Å². The molecule has 4 amide bonds. The second-order valence-corrected chi connectivity index (χ2v) is 7.42. The van der Waals surface area contributed by atoms with Gasteiger partial charge in [-0.2, -0.15) is 0 Å². The second kappa shape index (κ2) is 7.36. The van der Waals surface area contributed by atoms with Crippen LogP contribution in [0.5, 0.6) is 0 Å². The normalized spacial score (nSPS) is 20.6. The predicted molar refractivity (Wildman–Crippen MR) is 102 cm³/mol. The third kappa shape index (κ3) is 3.63. The molecule has 29 heavy (non-hydrogen) atoms. The molecule has 2 aliphatic rings. The van der Waals surface area contributed by atoms with E-state index in [-0.39, 0.29) is 25.3 Å². The van der Waals surface area contributed by atoms with Gasteiger partial charge in [-0.25, -0.2) is 4.79 Å². The van der Waals surface area contributed by atoms with Crippen LogP contribution in [-0.4, -0.2) is 51.6 Å². The van der Waals surface area contributed by atoms with Crippen molar-refractivity contribution in [3.05, 3.63) is 40.2 Å². The molecule has 0 spiro atoms. The zero-order valence-electron chi connectivity index (χ0n) is 15.6. The molecule has 0 bridgehead atoms. The molecular formula is C18H19ClN6O4. The first-order valence-electron chi connectivity index (χ1n) is 9.18. The number of hydrogen-bond donors (Lipinski definition) is 3. The zero-order chi connectivity index (χ0) is 20.6. The Morgan fingerprint density at radius 1 is 1.31 bits per heavy atom. The fourth-order valence-electron chi connectivity index (χ4n) is 3.58. The lowest BCUT2D eigenvalue weighted by Gasteiger charge is -2.30. The van der Waals surface area contributed by atoms with Crippen LogP contribution in [0.1, 0.15) is 35.2 Å². The topological polar surface area (TPSA) is 129 Å². The van der Waals surface area contributed by atoms with Gasteiger partial charge in [0.25, 0.3) is 11.8 Å².